The first-order valence-corrected chi connectivity index (χ1v) is 11.6. The third-order valence-corrected chi connectivity index (χ3v) is 6.76. The van der Waals surface area contributed by atoms with Crippen molar-refractivity contribution in [3.8, 4) is 11.8 Å². The van der Waals surface area contributed by atoms with Crippen molar-refractivity contribution >= 4 is 23.2 Å². The molecule has 1 heterocycles. The van der Waals surface area contributed by atoms with Crippen LogP contribution in [-0.2, 0) is 0 Å². The Hall–Kier alpha value is -2.75. The molecule has 6 nitrogen and oxygen atoms in total. The Bertz CT molecular complexity index is 981. The molecule has 0 aromatic heterocycles. The smallest absolute Gasteiger partial charge is 0.251 e. The molecule has 1 aliphatic heterocycles. The van der Waals surface area contributed by atoms with Crippen LogP contribution in [-0.4, -0.2) is 42.9 Å². The number of benzene rings is 2. The van der Waals surface area contributed by atoms with E-state index in [2.05, 4.69) is 10.2 Å². The summed E-state index contributed by atoms with van der Waals surface area (Å²) < 4.78 is 6.01. The van der Waals surface area contributed by atoms with Gasteiger partial charge in [0.05, 0.1) is 10.6 Å². The number of amides is 1. The molecule has 2 N–H and O–H groups in total. The lowest BCUT2D eigenvalue weighted by Gasteiger charge is -2.32. The molecular weight excluding hydrogens is 426 g/mol. The second-order valence-electron chi connectivity index (χ2n) is 8.64. The van der Waals surface area contributed by atoms with Crippen molar-refractivity contribution < 1.29 is 14.6 Å². The number of halogens is 1. The van der Waals surface area contributed by atoms with Crippen molar-refractivity contribution in [2.45, 2.75) is 44.2 Å². The SMILES string of the molecule is N#Cc1ccc(O[C@H]2CC[C@H](NC(=O)c3ccc(N4CCC(CO)CC4)cc3)C2)cc1Cl. The van der Waals surface area contributed by atoms with Gasteiger partial charge in [0.15, 0.2) is 0 Å². The molecule has 2 atom stereocenters. The lowest BCUT2D eigenvalue weighted by molar-refractivity contribution is 0.0935. The molecule has 7 heteroatoms. The Morgan fingerprint density at radius 2 is 1.91 bits per heavy atom. The summed E-state index contributed by atoms with van der Waals surface area (Å²) in [5.41, 5.74) is 2.20. The summed E-state index contributed by atoms with van der Waals surface area (Å²) in [6.07, 6.45) is 4.45. The van der Waals surface area contributed by atoms with Crippen LogP contribution >= 0.6 is 11.6 Å². The Labute approximate surface area is 193 Å². The zero-order valence-corrected chi connectivity index (χ0v) is 18.7. The zero-order valence-electron chi connectivity index (χ0n) is 18.0. The monoisotopic (exact) mass is 453 g/mol. The molecule has 32 heavy (non-hydrogen) atoms. The fraction of sp³-hybridized carbons (Fsp3) is 0.440. The van der Waals surface area contributed by atoms with Gasteiger partial charge in [-0.15, -0.1) is 0 Å². The highest BCUT2D eigenvalue weighted by Gasteiger charge is 2.28. The average Bonchev–Trinajstić information content (AvgIpc) is 3.26. The van der Waals surface area contributed by atoms with Crippen LogP contribution in [0.1, 0.15) is 48.0 Å². The quantitative estimate of drug-likeness (QED) is 0.686. The number of aliphatic hydroxyl groups excluding tert-OH is 1. The Morgan fingerprint density at radius 1 is 1.16 bits per heavy atom. The van der Waals surface area contributed by atoms with Crippen LogP contribution in [0.4, 0.5) is 5.69 Å². The van der Waals surface area contributed by atoms with Gasteiger partial charge in [0.25, 0.3) is 5.91 Å². The molecule has 2 aromatic rings. The number of hydrogen-bond acceptors (Lipinski definition) is 5. The standard InChI is InChI=1S/C25H28ClN3O3/c26-24-14-23(7-3-19(24)15-27)32-22-8-4-20(13-22)28-25(31)18-1-5-21(6-2-18)29-11-9-17(16-30)10-12-29/h1-3,5-7,14,17,20,22,30H,4,8-13,16H2,(H,28,31)/t20-,22-/m0/s1. The molecule has 2 fully saturated rings. The van der Waals surface area contributed by atoms with Crippen LogP contribution in [0.25, 0.3) is 0 Å². The molecule has 4 rings (SSSR count). The van der Waals surface area contributed by atoms with E-state index in [1.807, 2.05) is 30.3 Å². The minimum atomic E-state index is -0.0670. The number of anilines is 1. The van der Waals surface area contributed by atoms with Gasteiger partial charge in [-0.05, 0) is 68.0 Å². The summed E-state index contributed by atoms with van der Waals surface area (Å²) >= 11 is 6.08. The lowest BCUT2D eigenvalue weighted by Crippen LogP contribution is -2.35. The summed E-state index contributed by atoms with van der Waals surface area (Å²) in [7, 11) is 0. The molecular formula is C25H28ClN3O3. The van der Waals surface area contributed by atoms with Gasteiger partial charge in [0.1, 0.15) is 17.9 Å². The average molecular weight is 454 g/mol. The second kappa shape index (κ2) is 10.2. The predicted molar refractivity (Wildman–Crippen MR) is 124 cm³/mol. The largest absolute Gasteiger partial charge is 0.490 e. The van der Waals surface area contributed by atoms with Gasteiger partial charge >= 0.3 is 0 Å². The third kappa shape index (κ3) is 5.35. The number of carbonyl (C=O) groups excluding carboxylic acids is 1. The van der Waals surface area contributed by atoms with E-state index in [0.717, 1.165) is 50.9 Å². The first-order chi connectivity index (χ1) is 15.6. The fourth-order valence-corrected chi connectivity index (χ4v) is 4.71. The summed E-state index contributed by atoms with van der Waals surface area (Å²) in [6.45, 7) is 2.14. The first kappa shape index (κ1) is 22.4. The number of carbonyl (C=O) groups is 1. The minimum absolute atomic E-state index is 0.00790. The van der Waals surface area contributed by atoms with E-state index in [0.29, 0.717) is 27.8 Å². The van der Waals surface area contributed by atoms with Crippen molar-refractivity contribution in [2.75, 3.05) is 24.6 Å². The minimum Gasteiger partial charge on any atom is -0.490 e. The fourth-order valence-electron chi connectivity index (χ4n) is 4.50. The van der Waals surface area contributed by atoms with E-state index < -0.39 is 0 Å². The van der Waals surface area contributed by atoms with Gasteiger partial charge in [0.2, 0.25) is 0 Å². The van der Waals surface area contributed by atoms with E-state index in [1.165, 1.54) is 0 Å². The Kier molecular flexibility index (Phi) is 7.19. The molecule has 168 valence electrons. The van der Waals surface area contributed by atoms with Crippen LogP contribution < -0.4 is 15.0 Å². The molecule has 1 amide bonds. The highest BCUT2D eigenvalue weighted by Crippen LogP contribution is 2.28. The third-order valence-electron chi connectivity index (χ3n) is 6.45. The van der Waals surface area contributed by atoms with Crippen LogP contribution in [0.5, 0.6) is 5.75 Å². The maximum absolute atomic E-state index is 12.7. The molecule has 0 spiro atoms. The number of nitrogens with one attached hydrogen (secondary N) is 1. The molecule has 0 bridgehead atoms. The van der Waals surface area contributed by atoms with Gasteiger partial charge in [-0.3, -0.25) is 4.79 Å². The zero-order chi connectivity index (χ0) is 22.5. The number of ether oxygens (including phenoxy) is 1. The highest BCUT2D eigenvalue weighted by molar-refractivity contribution is 6.31. The van der Waals surface area contributed by atoms with E-state index in [4.69, 9.17) is 21.6 Å². The number of rotatable bonds is 6. The summed E-state index contributed by atoms with van der Waals surface area (Å²) in [5, 5.41) is 21.8. The molecule has 0 unspecified atom stereocenters. The molecule has 2 aliphatic rings. The Balaban J connectivity index is 1.27. The number of hydrogen-bond donors (Lipinski definition) is 2. The van der Waals surface area contributed by atoms with Crippen molar-refractivity contribution in [3.63, 3.8) is 0 Å². The van der Waals surface area contributed by atoms with Crippen LogP contribution in [0.2, 0.25) is 5.02 Å². The number of piperidine rings is 1. The van der Waals surface area contributed by atoms with Crippen molar-refractivity contribution in [1.29, 1.82) is 5.26 Å². The maximum Gasteiger partial charge on any atom is 0.251 e. The van der Waals surface area contributed by atoms with Gasteiger partial charge in [-0.1, -0.05) is 11.6 Å². The van der Waals surface area contributed by atoms with Gasteiger partial charge in [-0.2, -0.15) is 5.26 Å². The highest BCUT2D eigenvalue weighted by atomic mass is 35.5. The predicted octanol–water partition coefficient (Wildman–Crippen LogP) is 4.15. The molecule has 0 radical (unpaired) electrons. The molecule has 1 saturated heterocycles. The molecule has 2 aromatic carbocycles. The van der Waals surface area contributed by atoms with Gasteiger partial charge < -0.3 is 20.1 Å². The van der Waals surface area contributed by atoms with Crippen molar-refractivity contribution in [1.82, 2.24) is 5.32 Å². The number of nitrogens with zero attached hydrogens (tertiary/aromatic N) is 2. The number of aliphatic hydroxyl groups is 1. The Morgan fingerprint density at radius 3 is 2.56 bits per heavy atom. The van der Waals surface area contributed by atoms with Crippen LogP contribution in [0.3, 0.4) is 0 Å². The summed E-state index contributed by atoms with van der Waals surface area (Å²) in [5.74, 6) is 0.983. The van der Waals surface area contributed by atoms with E-state index in [1.54, 1.807) is 18.2 Å². The molecule has 1 saturated carbocycles. The van der Waals surface area contributed by atoms with Crippen molar-refractivity contribution in [3.05, 3.63) is 58.6 Å². The topological polar surface area (TPSA) is 85.6 Å². The van der Waals surface area contributed by atoms with Crippen molar-refractivity contribution in [2.24, 2.45) is 5.92 Å². The van der Waals surface area contributed by atoms with Crippen LogP contribution in [0.15, 0.2) is 42.5 Å². The van der Waals surface area contributed by atoms with Gasteiger partial charge in [0, 0.05) is 49.5 Å². The normalized spacial score (nSPS) is 21.2. The molecule has 1 aliphatic carbocycles. The maximum atomic E-state index is 12.7. The number of nitriles is 1. The second-order valence-corrected chi connectivity index (χ2v) is 9.04. The van der Waals surface area contributed by atoms with E-state index in [9.17, 15) is 9.90 Å². The summed E-state index contributed by atoms with van der Waals surface area (Å²) in [4.78, 5) is 15.0. The first-order valence-electron chi connectivity index (χ1n) is 11.2. The van der Waals surface area contributed by atoms with Gasteiger partial charge in [-0.25, -0.2) is 0 Å². The van der Waals surface area contributed by atoms with E-state index in [-0.39, 0.29) is 24.7 Å². The lowest BCUT2D eigenvalue weighted by atomic mass is 9.97. The summed E-state index contributed by atoms with van der Waals surface area (Å²) in [6, 6.07) is 15.0. The van der Waals surface area contributed by atoms with E-state index >= 15 is 0 Å². The van der Waals surface area contributed by atoms with Crippen LogP contribution in [0, 0.1) is 17.2 Å².